The normalized spacial score (nSPS) is 19.8. The van der Waals surface area contributed by atoms with Gasteiger partial charge in [0.05, 0.1) is 18.3 Å². The van der Waals surface area contributed by atoms with Gasteiger partial charge in [-0.05, 0) is 44.9 Å². The lowest BCUT2D eigenvalue weighted by Gasteiger charge is -2.40. The summed E-state index contributed by atoms with van der Waals surface area (Å²) in [4.78, 5) is 52.2. The summed E-state index contributed by atoms with van der Waals surface area (Å²) in [5.74, 6) is -0.554. The Labute approximate surface area is 230 Å². The van der Waals surface area contributed by atoms with E-state index < -0.39 is 5.82 Å². The molecule has 2 aromatic rings. The van der Waals surface area contributed by atoms with Gasteiger partial charge in [0.2, 0.25) is 5.91 Å². The molecule has 1 aromatic heterocycles. The highest BCUT2D eigenvalue weighted by molar-refractivity contribution is 7.99. The predicted octanol–water partition coefficient (Wildman–Crippen LogP) is 3.51. The van der Waals surface area contributed by atoms with Crippen LogP contribution in [0, 0.1) is 11.7 Å². The highest BCUT2D eigenvalue weighted by Gasteiger charge is 2.31. The minimum absolute atomic E-state index is 0.0905. The van der Waals surface area contributed by atoms with Gasteiger partial charge >= 0.3 is 5.97 Å². The maximum Gasteiger partial charge on any atom is 0.310 e. The summed E-state index contributed by atoms with van der Waals surface area (Å²) in [5, 5.41) is 0.641. The number of piperazine rings is 1. The quantitative estimate of drug-likeness (QED) is 0.219. The van der Waals surface area contributed by atoms with E-state index in [-0.39, 0.29) is 40.6 Å². The number of hydrogen-bond acceptors (Lipinski definition) is 8. The van der Waals surface area contributed by atoms with Gasteiger partial charge in [0.15, 0.2) is 5.16 Å². The van der Waals surface area contributed by atoms with Crippen LogP contribution in [0.15, 0.2) is 35.5 Å². The van der Waals surface area contributed by atoms with Crippen molar-refractivity contribution in [2.45, 2.75) is 37.9 Å². The van der Waals surface area contributed by atoms with Gasteiger partial charge in [-0.1, -0.05) is 29.4 Å². The Hall–Kier alpha value is -2.92. The number of carbonyl (C=O) groups excluding carboxylic acids is 3. The molecule has 1 aromatic carbocycles. The van der Waals surface area contributed by atoms with Crippen molar-refractivity contribution in [3.8, 4) is 0 Å². The van der Waals surface area contributed by atoms with Crippen LogP contribution < -0.4 is 4.90 Å². The molecular weight excluding hydrogens is 533 g/mol. The monoisotopic (exact) mass is 563 g/mol. The second-order valence-electron chi connectivity index (χ2n) is 9.36. The molecule has 0 radical (unpaired) electrons. The number of anilines is 1. The second kappa shape index (κ2) is 12.8. The Morgan fingerprint density at radius 1 is 1.16 bits per heavy atom. The molecule has 3 heterocycles. The van der Waals surface area contributed by atoms with Crippen molar-refractivity contribution < 1.29 is 23.5 Å². The van der Waals surface area contributed by atoms with Crippen LogP contribution in [0.25, 0.3) is 0 Å². The number of piperidine rings is 1. The molecule has 2 aliphatic rings. The molecule has 0 N–H and O–H groups in total. The van der Waals surface area contributed by atoms with E-state index >= 15 is 0 Å². The predicted molar refractivity (Wildman–Crippen MR) is 143 cm³/mol. The molecule has 12 heteroatoms. The molecule has 2 fully saturated rings. The molecule has 2 saturated heterocycles. The van der Waals surface area contributed by atoms with Crippen LogP contribution >= 0.6 is 23.4 Å². The molecule has 38 heavy (non-hydrogen) atoms. The molecule has 0 bridgehead atoms. The third-order valence-corrected chi connectivity index (χ3v) is 7.69. The molecule has 2 amide bonds. The fourth-order valence-corrected chi connectivity index (χ4v) is 5.72. The fraction of sp³-hybridized carbons (Fsp3) is 0.500. The zero-order valence-corrected chi connectivity index (χ0v) is 23.0. The Morgan fingerprint density at radius 3 is 2.71 bits per heavy atom. The first-order valence-corrected chi connectivity index (χ1v) is 14.0. The van der Waals surface area contributed by atoms with Gasteiger partial charge < -0.3 is 19.4 Å². The zero-order chi connectivity index (χ0) is 27.2. The summed E-state index contributed by atoms with van der Waals surface area (Å²) in [7, 11) is 0. The topological polar surface area (TPSA) is 95.9 Å². The van der Waals surface area contributed by atoms with Crippen molar-refractivity contribution in [2.75, 3.05) is 50.0 Å². The lowest BCUT2D eigenvalue weighted by atomic mass is 9.98. The molecule has 0 aliphatic carbocycles. The summed E-state index contributed by atoms with van der Waals surface area (Å²) in [6.45, 7) is 6.46. The fourth-order valence-electron chi connectivity index (χ4n) is 4.74. The van der Waals surface area contributed by atoms with E-state index in [9.17, 15) is 18.8 Å². The second-order valence-corrected chi connectivity index (χ2v) is 10.7. The minimum atomic E-state index is -0.444. The van der Waals surface area contributed by atoms with E-state index in [2.05, 4.69) is 9.97 Å². The molecule has 0 saturated carbocycles. The van der Waals surface area contributed by atoms with E-state index in [1.807, 2.05) is 11.8 Å². The number of thioether (sulfide) groups is 1. The lowest BCUT2D eigenvalue weighted by Crippen LogP contribution is -2.54. The van der Waals surface area contributed by atoms with E-state index in [1.165, 1.54) is 30.0 Å². The molecule has 2 aliphatic heterocycles. The summed E-state index contributed by atoms with van der Waals surface area (Å²) >= 11 is 7.49. The first kappa shape index (κ1) is 28.1. The van der Waals surface area contributed by atoms with Gasteiger partial charge in [-0.15, -0.1) is 0 Å². The van der Waals surface area contributed by atoms with Crippen LogP contribution in [-0.4, -0.2) is 88.7 Å². The van der Waals surface area contributed by atoms with E-state index in [0.717, 1.165) is 12.8 Å². The van der Waals surface area contributed by atoms with Crippen molar-refractivity contribution in [2.24, 2.45) is 5.92 Å². The standard InChI is InChI=1S/C26H31ClFN5O4S/c1-3-37-25(36)19-7-5-9-32(15-19)23(34)16-38-26-29-21(27)13-22(30-26)31-10-11-33(17(2)14-31)24(35)18-6-4-8-20(28)12-18/h4,6,8,12-13,17,19H,3,5,7,9-11,14-16H2,1-2H3. The van der Waals surface area contributed by atoms with Crippen LogP contribution in [0.3, 0.4) is 0 Å². The third kappa shape index (κ3) is 6.93. The number of amides is 2. The number of esters is 1. The molecule has 9 nitrogen and oxygen atoms in total. The summed E-state index contributed by atoms with van der Waals surface area (Å²) in [5.41, 5.74) is 0.320. The largest absolute Gasteiger partial charge is 0.466 e. The van der Waals surface area contributed by atoms with Crippen LogP contribution in [0.5, 0.6) is 0 Å². The van der Waals surface area contributed by atoms with Gasteiger partial charge in [-0.25, -0.2) is 14.4 Å². The Balaban J connectivity index is 1.35. The summed E-state index contributed by atoms with van der Waals surface area (Å²) in [6.07, 6.45) is 1.47. The number of ether oxygens (including phenoxy) is 1. The number of aromatic nitrogens is 2. The van der Waals surface area contributed by atoms with Crippen LogP contribution in [0.2, 0.25) is 5.15 Å². The van der Waals surface area contributed by atoms with E-state index in [0.29, 0.717) is 55.9 Å². The van der Waals surface area contributed by atoms with Crippen molar-refractivity contribution in [1.82, 2.24) is 19.8 Å². The zero-order valence-electron chi connectivity index (χ0n) is 21.4. The van der Waals surface area contributed by atoms with Crippen molar-refractivity contribution in [1.29, 1.82) is 0 Å². The van der Waals surface area contributed by atoms with E-state index in [4.69, 9.17) is 16.3 Å². The van der Waals surface area contributed by atoms with Crippen molar-refractivity contribution in [3.63, 3.8) is 0 Å². The summed E-state index contributed by atoms with van der Waals surface area (Å²) < 4.78 is 18.7. The SMILES string of the molecule is CCOC(=O)C1CCCN(C(=O)CSc2nc(Cl)cc(N3CCN(C(=O)c4cccc(F)c4)C(C)C3)n2)C1. The number of rotatable bonds is 7. The number of hydrogen-bond donors (Lipinski definition) is 0. The highest BCUT2D eigenvalue weighted by atomic mass is 35.5. The van der Waals surface area contributed by atoms with Crippen molar-refractivity contribution in [3.05, 3.63) is 46.9 Å². The molecule has 2 unspecified atom stereocenters. The number of benzene rings is 1. The van der Waals surface area contributed by atoms with E-state index in [1.54, 1.807) is 28.9 Å². The van der Waals surface area contributed by atoms with Gasteiger partial charge in [0, 0.05) is 50.4 Å². The Bertz CT molecular complexity index is 1190. The average molecular weight is 564 g/mol. The first-order valence-electron chi connectivity index (χ1n) is 12.7. The molecule has 2 atom stereocenters. The van der Waals surface area contributed by atoms with Crippen LogP contribution in [0.1, 0.15) is 37.0 Å². The number of carbonyl (C=O) groups is 3. The maximum atomic E-state index is 13.6. The molecule has 0 spiro atoms. The average Bonchev–Trinajstić information content (AvgIpc) is 2.91. The third-order valence-electron chi connectivity index (χ3n) is 6.66. The van der Waals surface area contributed by atoms with Gasteiger partial charge in [0.25, 0.3) is 5.91 Å². The molecule has 204 valence electrons. The lowest BCUT2D eigenvalue weighted by molar-refractivity contribution is -0.151. The number of halogens is 2. The highest BCUT2D eigenvalue weighted by Crippen LogP contribution is 2.26. The Morgan fingerprint density at radius 2 is 1.97 bits per heavy atom. The summed E-state index contributed by atoms with van der Waals surface area (Å²) in [6, 6.07) is 7.22. The number of likely N-dealkylation sites (tertiary alicyclic amines) is 1. The van der Waals surface area contributed by atoms with Crippen molar-refractivity contribution >= 4 is 47.0 Å². The smallest absolute Gasteiger partial charge is 0.310 e. The Kier molecular flexibility index (Phi) is 9.43. The van der Waals surface area contributed by atoms with Gasteiger partial charge in [-0.3, -0.25) is 14.4 Å². The molecular formula is C26H31ClFN5O4S. The number of nitrogens with zero attached hydrogens (tertiary/aromatic N) is 5. The minimum Gasteiger partial charge on any atom is -0.466 e. The maximum absolute atomic E-state index is 13.6. The van der Waals surface area contributed by atoms with Gasteiger partial charge in [0.1, 0.15) is 16.8 Å². The first-order chi connectivity index (χ1) is 18.2. The molecule has 4 rings (SSSR count). The van der Waals surface area contributed by atoms with Crippen LogP contribution in [-0.2, 0) is 14.3 Å². The van der Waals surface area contributed by atoms with Crippen LogP contribution in [0.4, 0.5) is 10.2 Å². The van der Waals surface area contributed by atoms with Gasteiger partial charge in [-0.2, -0.15) is 0 Å².